The predicted octanol–water partition coefficient (Wildman–Crippen LogP) is 4.78. The molecule has 6 nitrogen and oxygen atoms in total. The number of hydrogen-bond acceptors (Lipinski definition) is 6. The standard InChI is InChI=1S/C23H26N4O2S2/c1-4-16(3)20(24-19(28)14-30-18-8-6-5-7-9-18)21(29)25-23-27-26-22(31-23)17-12-10-15(2)11-13-17/h5-13,16,20H,4,14H2,1-3H3,(H,24,28)(H,25,27,29). The highest BCUT2D eigenvalue weighted by Gasteiger charge is 2.27. The van der Waals surface area contributed by atoms with E-state index in [1.54, 1.807) is 0 Å². The number of nitrogens with one attached hydrogen (secondary N) is 2. The van der Waals surface area contributed by atoms with Crippen molar-refractivity contribution in [2.24, 2.45) is 5.92 Å². The lowest BCUT2D eigenvalue weighted by atomic mass is 9.98. The van der Waals surface area contributed by atoms with E-state index in [9.17, 15) is 9.59 Å². The summed E-state index contributed by atoms with van der Waals surface area (Å²) in [5.41, 5.74) is 2.12. The molecule has 2 N–H and O–H groups in total. The van der Waals surface area contributed by atoms with Crippen LogP contribution in [0.4, 0.5) is 5.13 Å². The van der Waals surface area contributed by atoms with Crippen molar-refractivity contribution in [1.29, 1.82) is 0 Å². The number of carbonyl (C=O) groups excluding carboxylic acids is 2. The van der Waals surface area contributed by atoms with Crippen LogP contribution in [0.15, 0.2) is 59.5 Å². The minimum absolute atomic E-state index is 0.0184. The summed E-state index contributed by atoms with van der Waals surface area (Å²) in [6, 6.07) is 17.1. The Labute approximate surface area is 190 Å². The largest absolute Gasteiger partial charge is 0.343 e. The molecule has 0 aliphatic heterocycles. The Kier molecular flexibility index (Phi) is 8.20. The number of amides is 2. The summed E-state index contributed by atoms with van der Waals surface area (Å²) in [6.45, 7) is 5.97. The van der Waals surface area contributed by atoms with Gasteiger partial charge in [-0.3, -0.25) is 14.9 Å². The molecule has 3 aromatic rings. The zero-order valence-corrected chi connectivity index (χ0v) is 19.4. The third-order valence-electron chi connectivity index (χ3n) is 4.88. The van der Waals surface area contributed by atoms with Crippen molar-refractivity contribution in [3.63, 3.8) is 0 Å². The van der Waals surface area contributed by atoms with E-state index in [1.807, 2.05) is 75.4 Å². The Balaban J connectivity index is 1.62. The summed E-state index contributed by atoms with van der Waals surface area (Å²) >= 11 is 2.76. The molecular weight excluding hydrogens is 428 g/mol. The van der Waals surface area contributed by atoms with Gasteiger partial charge < -0.3 is 5.32 Å². The second-order valence-electron chi connectivity index (χ2n) is 7.30. The number of hydrogen-bond donors (Lipinski definition) is 2. The quantitative estimate of drug-likeness (QED) is 0.455. The predicted molar refractivity (Wildman–Crippen MR) is 127 cm³/mol. The minimum atomic E-state index is -0.638. The average Bonchev–Trinajstić information content (AvgIpc) is 3.25. The van der Waals surface area contributed by atoms with Crippen molar-refractivity contribution in [3.05, 3.63) is 60.2 Å². The van der Waals surface area contributed by atoms with Gasteiger partial charge in [-0.05, 0) is 25.0 Å². The van der Waals surface area contributed by atoms with Gasteiger partial charge in [-0.1, -0.05) is 79.6 Å². The first-order valence-electron chi connectivity index (χ1n) is 10.1. The number of rotatable bonds is 9. The van der Waals surface area contributed by atoms with Crippen LogP contribution in [-0.2, 0) is 9.59 Å². The molecule has 2 atom stereocenters. The van der Waals surface area contributed by atoms with Gasteiger partial charge in [0.15, 0.2) is 0 Å². The number of aromatic nitrogens is 2. The van der Waals surface area contributed by atoms with Crippen molar-refractivity contribution >= 4 is 40.0 Å². The average molecular weight is 455 g/mol. The van der Waals surface area contributed by atoms with Crippen molar-refractivity contribution in [2.45, 2.75) is 38.1 Å². The molecule has 0 saturated heterocycles. The summed E-state index contributed by atoms with van der Waals surface area (Å²) in [4.78, 5) is 26.4. The maximum absolute atomic E-state index is 12.9. The van der Waals surface area contributed by atoms with E-state index < -0.39 is 6.04 Å². The number of nitrogens with zero attached hydrogens (tertiary/aromatic N) is 2. The van der Waals surface area contributed by atoms with Crippen LogP contribution in [0.3, 0.4) is 0 Å². The summed E-state index contributed by atoms with van der Waals surface area (Å²) in [7, 11) is 0. The van der Waals surface area contributed by atoms with Crippen molar-refractivity contribution in [2.75, 3.05) is 11.1 Å². The molecule has 0 spiro atoms. The Bertz CT molecular complexity index is 1010. The molecule has 162 valence electrons. The first kappa shape index (κ1) is 23.0. The lowest BCUT2D eigenvalue weighted by Gasteiger charge is -2.22. The lowest BCUT2D eigenvalue weighted by Crippen LogP contribution is -2.48. The van der Waals surface area contributed by atoms with Crippen molar-refractivity contribution in [1.82, 2.24) is 15.5 Å². The van der Waals surface area contributed by atoms with Gasteiger partial charge in [0.05, 0.1) is 5.75 Å². The Morgan fingerprint density at radius 1 is 1.06 bits per heavy atom. The van der Waals surface area contributed by atoms with Crippen LogP contribution in [-0.4, -0.2) is 33.8 Å². The molecule has 1 heterocycles. The Morgan fingerprint density at radius 3 is 2.45 bits per heavy atom. The van der Waals surface area contributed by atoms with Crippen molar-refractivity contribution in [3.8, 4) is 10.6 Å². The first-order valence-corrected chi connectivity index (χ1v) is 11.9. The maximum atomic E-state index is 12.9. The lowest BCUT2D eigenvalue weighted by molar-refractivity contribution is -0.126. The van der Waals surface area contributed by atoms with E-state index >= 15 is 0 Å². The molecule has 0 bridgehead atoms. The molecule has 1 aromatic heterocycles. The van der Waals surface area contributed by atoms with Gasteiger partial charge in [0, 0.05) is 10.5 Å². The van der Waals surface area contributed by atoms with E-state index in [-0.39, 0.29) is 23.5 Å². The van der Waals surface area contributed by atoms with E-state index in [1.165, 1.54) is 28.7 Å². The van der Waals surface area contributed by atoms with Crippen molar-refractivity contribution < 1.29 is 9.59 Å². The monoisotopic (exact) mass is 454 g/mol. The van der Waals surface area contributed by atoms with Gasteiger partial charge in [-0.2, -0.15) is 0 Å². The topological polar surface area (TPSA) is 84.0 Å². The highest BCUT2D eigenvalue weighted by atomic mass is 32.2. The molecule has 2 amide bonds. The fourth-order valence-corrected chi connectivity index (χ4v) is 4.33. The molecule has 0 aliphatic carbocycles. The maximum Gasteiger partial charge on any atom is 0.249 e. The molecule has 31 heavy (non-hydrogen) atoms. The first-order chi connectivity index (χ1) is 15.0. The second kappa shape index (κ2) is 11.1. The fraction of sp³-hybridized carbons (Fsp3) is 0.304. The van der Waals surface area contributed by atoms with Gasteiger partial charge in [0.25, 0.3) is 0 Å². The summed E-state index contributed by atoms with van der Waals surface area (Å²) in [5.74, 6) is -0.221. The number of thioether (sulfide) groups is 1. The zero-order chi connectivity index (χ0) is 22.2. The number of anilines is 1. The van der Waals surface area contributed by atoms with Crippen LogP contribution >= 0.6 is 23.1 Å². The molecule has 2 unspecified atom stereocenters. The van der Waals surface area contributed by atoms with E-state index in [0.29, 0.717) is 5.13 Å². The van der Waals surface area contributed by atoms with Crippen LogP contribution < -0.4 is 10.6 Å². The number of carbonyl (C=O) groups is 2. The molecule has 0 fully saturated rings. The number of aryl methyl sites for hydroxylation is 1. The van der Waals surface area contributed by atoms with Gasteiger partial charge in [-0.15, -0.1) is 22.0 Å². The van der Waals surface area contributed by atoms with Crippen LogP contribution in [0.2, 0.25) is 0 Å². The van der Waals surface area contributed by atoms with E-state index in [0.717, 1.165) is 21.9 Å². The molecule has 2 aromatic carbocycles. The smallest absolute Gasteiger partial charge is 0.249 e. The normalized spacial score (nSPS) is 12.7. The number of benzene rings is 2. The van der Waals surface area contributed by atoms with Crippen LogP contribution in [0.25, 0.3) is 10.6 Å². The molecular formula is C23H26N4O2S2. The second-order valence-corrected chi connectivity index (χ2v) is 9.33. The van der Waals surface area contributed by atoms with E-state index in [4.69, 9.17) is 0 Å². The third kappa shape index (κ3) is 6.63. The Morgan fingerprint density at radius 2 is 1.77 bits per heavy atom. The Hall–Kier alpha value is -2.71. The zero-order valence-electron chi connectivity index (χ0n) is 17.8. The molecule has 0 radical (unpaired) electrons. The van der Waals surface area contributed by atoms with Gasteiger partial charge in [0.1, 0.15) is 11.0 Å². The minimum Gasteiger partial charge on any atom is -0.343 e. The highest BCUT2D eigenvalue weighted by Crippen LogP contribution is 2.27. The van der Waals surface area contributed by atoms with Gasteiger partial charge in [-0.25, -0.2) is 0 Å². The molecule has 3 rings (SSSR count). The van der Waals surface area contributed by atoms with Gasteiger partial charge >= 0.3 is 0 Å². The molecule has 0 saturated carbocycles. The summed E-state index contributed by atoms with van der Waals surface area (Å²) < 4.78 is 0. The van der Waals surface area contributed by atoms with Crippen LogP contribution in [0.5, 0.6) is 0 Å². The fourth-order valence-electron chi connectivity index (χ4n) is 2.85. The van der Waals surface area contributed by atoms with Gasteiger partial charge in [0.2, 0.25) is 16.9 Å². The molecule has 0 aliphatic rings. The van der Waals surface area contributed by atoms with Crippen LogP contribution in [0.1, 0.15) is 25.8 Å². The summed E-state index contributed by atoms with van der Waals surface area (Å²) in [5, 5.41) is 15.1. The SMILES string of the molecule is CCC(C)C(NC(=O)CSc1ccccc1)C(=O)Nc1nnc(-c2ccc(C)cc2)s1. The third-order valence-corrected chi connectivity index (χ3v) is 6.78. The molecule has 8 heteroatoms. The summed E-state index contributed by atoms with van der Waals surface area (Å²) in [6.07, 6.45) is 0.759. The van der Waals surface area contributed by atoms with E-state index in [2.05, 4.69) is 20.8 Å². The van der Waals surface area contributed by atoms with Crippen LogP contribution in [0, 0.1) is 12.8 Å². The highest BCUT2D eigenvalue weighted by molar-refractivity contribution is 8.00.